The van der Waals surface area contributed by atoms with Crippen molar-refractivity contribution in [3.63, 3.8) is 0 Å². The molecule has 1 atom stereocenters. The molecular weight excluding hydrogens is 381 g/mol. The van der Waals surface area contributed by atoms with Crippen LogP contribution in [0.1, 0.15) is 25.8 Å². The molecule has 28 heavy (non-hydrogen) atoms. The average Bonchev–Trinajstić information content (AvgIpc) is 2.98. The van der Waals surface area contributed by atoms with Crippen molar-refractivity contribution in [2.24, 2.45) is 0 Å². The lowest BCUT2D eigenvalue weighted by atomic mass is 10.2. The molecule has 0 spiro atoms. The van der Waals surface area contributed by atoms with Crippen molar-refractivity contribution in [3.8, 4) is 11.6 Å². The number of ether oxygens (including phenoxy) is 1. The molecule has 0 radical (unpaired) electrons. The maximum absolute atomic E-state index is 12.9. The molecule has 0 unspecified atom stereocenters. The van der Waals surface area contributed by atoms with E-state index in [4.69, 9.17) is 4.74 Å². The van der Waals surface area contributed by atoms with Crippen LogP contribution in [0, 0.1) is 5.82 Å². The minimum Gasteiger partial charge on any atom is -0.439 e. The molecule has 2 amide bonds. The van der Waals surface area contributed by atoms with E-state index in [9.17, 15) is 14.0 Å². The van der Waals surface area contributed by atoms with E-state index in [1.807, 2.05) is 19.9 Å². The zero-order chi connectivity index (χ0) is 20.3. The van der Waals surface area contributed by atoms with Gasteiger partial charge in [-0.05, 0) is 43.7 Å². The third-order valence-electron chi connectivity index (χ3n) is 4.57. The number of likely N-dealkylation sites (tertiary alicyclic amines) is 1. The van der Waals surface area contributed by atoms with Crippen molar-refractivity contribution in [1.29, 1.82) is 0 Å². The highest BCUT2D eigenvalue weighted by Gasteiger charge is 2.36. The summed E-state index contributed by atoms with van der Waals surface area (Å²) in [6, 6.07) is 9.02. The standard InChI is InChI=1S/C20H22FN3O3S/c1-13(2)24(20(26)28)16-9-19(25)23(12-16)11-14-3-8-18(22-10-14)27-17-6-4-15(21)5-7-17/h3-8,10,13,16H,9,11-12H2,1-2H3,(H,26,28)/t16-/m1/s1. The zero-order valence-electron chi connectivity index (χ0n) is 15.7. The van der Waals surface area contributed by atoms with Gasteiger partial charge in [0.15, 0.2) is 0 Å². The van der Waals surface area contributed by atoms with Crippen molar-refractivity contribution in [2.75, 3.05) is 6.54 Å². The van der Waals surface area contributed by atoms with Crippen molar-refractivity contribution < 1.29 is 18.7 Å². The molecule has 0 bridgehead atoms. The molecule has 1 aliphatic rings. The van der Waals surface area contributed by atoms with E-state index < -0.39 is 0 Å². The Morgan fingerprint density at radius 2 is 2.04 bits per heavy atom. The van der Waals surface area contributed by atoms with Gasteiger partial charge in [-0.1, -0.05) is 18.7 Å². The van der Waals surface area contributed by atoms with Crippen LogP contribution in [0.15, 0.2) is 42.6 Å². The summed E-state index contributed by atoms with van der Waals surface area (Å²) in [7, 11) is 0. The van der Waals surface area contributed by atoms with E-state index in [1.165, 1.54) is 24.3 Å². The predicted molar refractivity (Wildman–Crippen MR) is 106 cm³/mol. The topological polar surface area (TPSA) is 62.7 Å². The Bertz CT molecular complexity index is 843. The molecule has 1 fully saturated rings. The van der Waals surface area contributed by atoms with Crippen LogP contribution < -0.4 is 4.74 Å². The zero-order valence-corrected chi connectivity index (χ0v) is 16.6. The third kappa shape index (κ3) is 4.81. The Kier molecular flexibility index (Phi) is 6.18. The molecule has 6 nitrogen and oxygen atoms in total. The van der Waals surface area contributed by atoms with E-state index >= 15 is 0 Å². The molecule has 2 heterocycles. The Labute approximate surface area is 168 Å². The summed E-state index contributed by atoms with van der Waals surface area (Å²) in [6.07, 6.45) is 1.94. The lowest BCUT2D eigenvalue weighted by Crippen LogP contribution is -2.43. The quantitative estimate of drug-likeness (QED) is 0.744. The SMILES string of the molecule is CC(C)N(C(=O)S)[C@@H]1CC(=O)N(Cc2ccc(Oc3ccc(F)cc3)nc2)C1. The van der Waals surface area contributed by atoms with Gasteiger partial charge in [0.2, 0.25) is 11.8 Å². The highest BCUT2D eigenvalue weighted by Crippen LogP contribution is 2.24. The number of halogens is 1. The average molecular weight is 403 g/mol. The van der Waals surface area contributed by atoms with Crippen LogP contribution in [0.3, 0.4) is 0 Å². The first-order chi connectivity index (χ1) is 13.3. The van der Waals surface area contributed by atoms with Gasteiger partial charge >= 0.3 is 0 Å². The maximum Gasteiger partial charge on any atom is 0.279 e. The smallest absolute Gasteiger partial charge is 0.279 e. The molecule has 148 valence electrons. The van der Waals surface area contributed by atoms with Crippen LogP contribution in [0.2, 0.25) is 0 Å². The predicted octanol–water partition coefficient (Wildman–Crippen LogP) is 3.87. The van der Waals surface area contributed by atoms with Gasteiger partial charge in [0.05, 0.1) is 6.04 Å². The van der Waals surface area contributed by atoms with Crippen molar-refractivity contribution in [3.05, 3.63) is 54.0 Å². The normalized spacial score (nSPS) is 16.5. The second-order valence-corrected chi connectivity index (χ2v) is 7.36. The number of thiol groups is 1. The van der Waals surface area contributed by atoms with Crippen LogP contribution in [0.5, 0.6) is 11.6 Å². The fourth-order valence-corrected chi connectivity index (χ4v) is 3.69. The maximum atomic E-state index is 12.9. The Hall–Kier alpha value is -2.61. The first kappa shape index (κ1) is 20.1. The highest BCUT2D eigenvalue weighted by atomic mass is 32.1. The van der Waals surface area contributed by atoms with Gasteiger partial charge in [0.1, 0.15) is 11.6 Å². The summed E-state index contributed by atoms with van der Waals surface area (Å²) < 4.78 is 18.5. The van der Waals surface area contributed by atoms with Crippen molar-refractivity contribution in [2.45, 2.75) is 38.9 Å². The van der Waals surface area contributed by atoms with E-state index in [-0.39, 0.29) is 29.0 Å². The number of hydrogen-bond donors (Lipinski definition) is 1. The number of benzene rings is 1. The Morgan fingerprint density at radius 1 is 1.32 bits per heavy atom. The summed E-state index contributed by atoms with van der Waals surface area (Å²) >= 11 is 3.94. The van der Waals surface area contributed by atoms with E-state index in [2.05, 4.69) is 17.6 Å². The number of carbonyl (C=O) groups excluding carboxylic acids is 2. The molecule has 0 aliphatic carbocycles. The first-order valence-electron chi connectivity index (χ1n) is 9.01. The molecule has 1 aromatic carbocycles. The van der Waals surface area contributed by atoms with Crippen molar-refractivity contribution >= 4 is 23.8 Å². The van der Waals surface area contributed by atoms with Crippen LogP contribution >= 0.6 is 12.6 Å². The fraction of sp³-hybridized carbons (Fsp3) is 0.350. The third-order valence-corrected chi connectivity index (χ3v) is 4.80. The number of aromatic nitrogens is 1. The van der Waals surface area contributed by atoms with E-state index in [1.54, 1.807) is 22.1 Å². The van der Waals surface area contributed by atoms with E-state index in [0.29, 0.717) is 31.1 Å². The molecule has 1 saturated heterocycles. The van der Waals surface area contributed by atoms with Gasteiger partial charge < -0.3 is 14.5 Å². The molecule has 1 aromatic heterocycles. The Balaban J connectivity index is 1.61. The molecule has 1 aliphatic heterocycles. The van der Waals surface area contributed by atoms with Crippen LogP contribution in [0.4, 0.5) is 9.18 Å². The van der Waals surface area contributed by atoms with Gasteiger partial charge in [-0.3, -0.25) is 9.59 Å². The first-order valence-corrected chi connectivity index (χ1v) is 9.45. The van der Waals surface area contributed by atoms with Gasteiger partial charge in [-0.25, -0.2) is 9.37 Å². The van der Waals surface area contributed by atoms with Gasteiger partial charge in [0, 0.05) is 37.8 Å². The largest absolute Gasteiger partial charge is 0.439 e. The number of nitrogens with zero attached hydrogens (tertiary/aromatic N) is 3. The second kappa shape index (κ2) is 8.60. The summed E-state index contributed by atoms with van der Waals surface area (Å²) in [5.74, 6) is 0.536. The monoisotopic (exact) mass is 403 g/mol. The molecule has 0 N–H and O–H groups in total. The second-order valence-electron chi connectivity index (χ2n) is 6.98. The minimum atomic E-state index is -0.333. The fourth-order valence-electron chi connectivity index (χ4n) is 3.30. The summed E-state index contributed by atoms with van der Waals surface area (Å²) in [6.45, 7) is 4.69. The lowest BCUT2D eigenvalue weighted by Gasteiger charge is -2.30. The number of hydrogen-bond acceptors (Lipinski definition) is 4. The number of amides is 2. The van der Waals surface area contributed by atoms with Crippen molar-refractivity contribution in [1.82, 2.24) is 14.8 Å². The molecular formula is C20H22FN3O3S. The van der Waals surface area contributed by atoms with Crippen LogP contribution in [0.25, 0.3) is 0 Å². The number of pyridine rings is 1. The van der Waals surface area contributed by atoms with Gasteiger partial charge in [-0.2, -0.15) is 0 Å². The molecule has 8 heteroatoms. The number of rotatable bonds is 6. The number of carbonyl (C=O) groups is 2. The van der Waals surface area contributed by atoms with Crippen LogP contribution in [-0.4, -0.2) is 44.6 Å². The Morgan fingerprint density at radius 3 is 2.61 bits per heavy atom. The van der Waals surface area contributed by atoms with Gasteiger partial charge in [-0.15, -0.1) is 0 Å². The molecule has 2 aromatic rings. The summed E-state index contributed by atoms with van der Waals surface area (Å²) in [5.41, 5.74) is 0.855. The van der Waals surface area contributed by atoms with E-state index in [0.717, 1.165) is 5.56 Å². The molecule has 0 saturated carbocycles. The summed E-state index contributed by atoms with van der Waals surface area (Å²) in [5, 5.41) is -0.321. The minimum absolute atomic E-state index is 0.00290. The lowest BCUT2D eigenvalue weighted by molar-refractivity contribution is -0.128. The summed E-state index contributed by atoms with van der Waals surface area (Å²) in [4.78, 5) is 31.7. The van der Waals surface area contributed by atoms with Crippen LogP contribution in [-0.2, 0) is 11.3 Å². The molecule has 3 rings (SSSR count). The highest BCUT2D eigenvalue weighted by molar-refractivity contribution is 7.96. The van der Waals surface area contributed by atoms with Gasteiger partial charge in [0.25, 0.3) is 5.24 Å².